The van der Waals surface area contributed by atoms with Crippen molar-refractivity contribution in [3.05, 3.63) is 60.2 Å². The number of hydrogen-bond donors (Lipinski definition) is 1. The number of para-hydroxylation sites is 1. The molecular formula is C17H19NO3S. The lowest BCUT2D eigenvalue weighted by Crippen LogP contribution is -2.36. The summed E-state index contributed by atoms with van der Waals surface area (Å²) < 4.78 is 14.6. The fraction of sp³-hybridized carbons (Fsp3) is 0.235. The van der Waals surface area contributed by atoms with Gasteiger partial charge in [0.15, 0.2) is 11.0 Å². The van der Waals surface area contributed by atoms with Crippen molar-refractivity contribution in [2.75, 3.05) is 4.31 Å². The van der Waals surface area contributed by atoms with Crippen molar-refractivity contribution < 1.29 is 14.1 Å². The number of rotatable bonds is 6. The van der Waals surface area contributed by atoms with Crippen LogP contribution >= 0.6 is 0 Å². The maximum absolute atomic E-state index is 12.9. The highest BCUT2D eigenvalue weighted by Gasteiger charge is 2.24. The summed E-state index contributed by atoms with van der Waals surface area (Å²) in [6.45, 7) is 3.74. The zero-order valence-corrected chi connectivity index (χ0v) is 13.4. The number of carboxylic acids is 1. The summed E-state index contributed by atoms with van der Waals surface area (Å²) >= 11 is 0. The van der Waals surface area contributed by atoms with Crippen LogP contribution in [0, 0.1) is 6.92 Å². The zero-order valence-electron chi connectivity index (χ0n) is 12.6. The molecule has 0 aliphatic heterocycles. The molecule has 0 aromatic heterocycles. The first-order valence-electron chi connectivity index (χ1n) is 7.03. The second kappa shape index (κ2) is 7.22. The van der Waals surface area contributed by atoms with Gasteiger partial charge in [-0.25, -0.2) is 4.21 Å². The van der Waals surface area contributed by atoms with Gasteiger partial charge in [-0.2, -0.15) is 0 Å². The second-order valence-electron chi connectivity index (χ2n) is 5.17. The van der Waals surface area contributed by atoms with E-state index in [0.717, 1.165) is 11.3 Å². The minimum atomic E-state index is -1.46. The Morgan fingerprint density at radius 2 is 1.73 bits per heavy atom. The Kier molecular flexibility index (Phi) is 5.33. The van der Waals surface area contributed by atoms with Gasteiger partial charge in [0.2, 0.25) is 0 Å². The first-order chi connectivity index (χ1) is 10.5. The van der Waals surface area contributed by atoms with Crippen molar-refractivity contribution in [1.82, 2.24) is 0 Å². The molecule has 0 fully saturated rings. The second-order valence-corrected chi connectivity index (χ2v) is 6.53. The third-order valence-corrected chi connectivity index (χ3v) is 4.89. The van der Waals surface area contributed by atoms with E-state index >= 15 is 0 Å². The number of benzene rings is 2. The molecule has 4 nitrogen and oxygen atoms in total. The fourth-order valence-electron chi connectivity index (χ4n) is 2.19. The quantitative estimate of drug-likeness (QED) is 0.888. The number of carboxylic acid groups (broad SMARTS) is 1. The third-order valence-electron chi connectivity index (χ3n) is 3.28. The summed E-state index contributed by atoms with van der Waals surface area (Å²) in [4.78, 5) is 11.7. The summed E-state index contributed by atoms with van der Waals surface area (Å²) in [6, 6.07) is 16.3. The van der Waals surface area contributed by atoms with Crippen LogP contribution in [-0.2, 0) is 15.8 Å². The number of hydrogen-bond acceptors (Lipinski definition) is 2. The van der Waals surface area contributed by atoms with Crippen LogP contribution in [0.3, 0.4) is 0 Å². The molecule has 0 spiro atoms. The molecule has 0 saturated heterocycles. The highest BCUT2D eigenvalue weighted by molar-refractivity contribution is 7.86. The minimum Gasteiger partial charge on any atom is -0.481 e. The monoisotopic (exact) mass is 317 g/mol. The maximum atomic E-state index is 12.9. The largest absolute Gasteiger partial charge is 0.481 e. The summed E-state index contributed by atoms with van der Waals surface area (Å²) in [5, 5.41) is 9.04. The summed E-state index contributed by atoms with van der Waals surface area (Å²) in [5.41, 5.74) is 1.83. The van der Waals surface area contributed by atoms with Crippen LogP contribution in [0.1, 0.15) is 18.9 Å². The topological polar surface area (TPSA) is 57.6 Å². The Hall–Kier alpha value is -2.14. The Morgan fingerprint density at radius 3 is 2.27 bits per heavy atom. The normalized spacial score (nSPS) is 13.4. The molecule has 0 heterocycles. The summed E-state index contributed by atoms with van der Waals surface area (Å²) in [5.74, 6) is -0.908. The molecule has 0 radical (unpaired) electrons. The average Bonchev–Trinajstić information content (AvgIpc) is 2.48. The van der Waals surface area contributed by atoms with E-state index in [1.54, 1.807) is 11.2 Å². The van der Waals surface area contributed by atoms with E-state index in [4.69, 9.17) is 5.11 Å². The van der Waals surface area contributed by atoms with Crippen molar-refractivity contribution in [2.24, 2.45) is 0 Å². The molecule has 116 valence electrons. The van der Waals surface area contributed by atoms with Gasteiger partial charge >= 0.3 is 5.97 Å². The Labute approximate surface area is 133 Å². The lowest BCUT2D eigenvalue weighted by molar-refractivity contribution is -0.137. The standard InChI is InChI=1S/C17H19NO3S/c1-13-8-10-16(11-9-13)22(21)18(14(2)12-17(19)20)15-6-4-3-5-7-15/h3-11,14H,12H2,1-2H3,(H,19,20). The zero-order chi connectivity index (χ0) is 16.1. The third kappa shape index (κ3) is 3.95. The van der Waals surface area contributed by atoms with Gasteiger partial charge in [0.25, 0.3) is 0 Å². The van der Waals surface area contributed by atoms with Crippen molar-refractivity contribution in [3.63, 3.8) is 0 Å². The molecule has 2 unspecified atom stereocenters. The van der Waals surface area contributed by atoms with Gasteiger partial charge in [-0.15, -0.1) is 0 Å². The maximum Gasteiger partial charge on any atom is 0.305 e. The van der Waals surface area contributed by atoms with Crippen LogP contribution < -0.4 is 4.31 Å². The van der Waals surface area contributed by atoms with Crippen LogP contribution in [-0.4, -0.2) is 21.3 Å². The van der Waals surface area contributed by atoms with E-state index < -0.39 is 17.0 Å². The van der Waals surface area contributed by atoms with Gasteiger partial charge in [0.1, 0.15) is 0 Å². The first kappa shape index (κ1) is 16.2. The SMILES string of the molecule is Cc1ccc(S(=O)N(c2ccccc2)C(C)CC(=O)O)cc1. The molecule has 0 aliphatic carbocycles. The van der Waals surface area contributed by atoms with Crippen LogP contribution in [0.2, 0.25) is 0 Å². The Morgan fingerprint density at radius 1 is 1.14 bits per heavy atom. The lowest BCUT2D eigenvalue weighted by atomic mass is 10.2. The van der Waals surface area contributed by atoms with E-state index in [2.05, 4.69) is 0 Å². The number of nitrogens with zero attached hydrogens (tertiary/aromatic N) is 1. The van der Waals surface area contributed by atoms with E-state index in [1.807, 2.05) is 61.5 Å². The van der Waals surface area contributed by atoms with E-state index in [0.29, 0.717) is 4.90 Å². The minimum absolute atomic E-state index is 0.0769. The van der Waals surface area contributed by atoms with E-state index in [1.165, 1.54) is 0 Å². The lowest BCUT2D eigenvalue weighted by Gasteiger charge is -2.29. The molecular weight excluding hydrogens is 298 g/mol. The molecule has 2 atom stereocenters. The number of aryl methyl sites for hydroxylation is 1. The van der Waals surface area contributed by atoms with E-state index in [9.17, 15) is 9.00 Å². The molecule has 2 aromatic rings. The number of aliphatic carboxylic acids is 1. The van der Waals surface area contributed by atoms with Gasteiger partial charge < -0.3 is 5.11 Å². The van der Waals surface area contributed by atoms with Gasteiger partial charge in [0.05, 0.1) is 17.4 Å². The van der Waals surface area contributed by atoms with Gasteiger partial charge in [-0.1, -0.05) is 35.9 Å². The van der Waals surface area contributed by atoms with Gasteiger partial charge in [-0.3, -0.25) is 9.10 Å². The molecule has 0 amide bonds. The Balaban J connectivity index is 2.37. The van der Waals surface area contributed by atoms with Crippen molar-refractivity contribution in [2.45, 2.75) is 31.2 Å². The predicted molar refractivity (Wildman–Crippen MR) is 88.2 cm³/mol. The van der Waals surface area contributed by atoms with Gasteiger partial charge in [-0.05, 0) is 38.1 Å². The smallest absolute Gasteiger partial charge is 0.305 e. The van der Waals surface area contributed by atoms with Crippen LogP contribution in [0.25, 0.3) is 0 Å². The van der Waals surface area contributed by atoms with Crippen molar-refractivity contribution in [3.8, 4) is 0 Å². The van der Waals surface area contributed by atoms with Crippen LogP contribution in [0.4, 0.5) is 5.69 Å². The van der Waals surface area contributed by atoms with Gasteiger partial charge in [0, 0.05) is 5.69 Å². The molecule has 5 heteroatoms. The molecule has 2 rings (SSSR count). The molecule has 0 bridgehead atoms. The highest BCUT2D eigenvalue weighted by atomic mass is 32.2. The summed E-state index contributed by atoms with van der Waals surface area (Å²) in [6.07, 6.45) is -0.0769. The molecule has 22 heavy (non-hydrogen) atoms. The van der Waals surface area contributed by atoms with Crippen molar-refractivity contribution >= 4 is 22.6 Å². The molecule has 0 aliphatic rings. The molecule has 2 aromatic carbocycles. The van der Waals surface area contributed by atoms with E-state index in [-0.39, 0.29) is 12.5 Å². The number of carbonyl (C=O) groups is 1. The molecule has 0 saturated carbocycles. The molecule has 1 N–H and O–H groups in total. The number of anilines is 1. The average molecular weight is 317 g/mol. The van der Waals surface area contributed by atoms with Crippen LogP contribution in [0.15, 0.2) is 59.5 Å². The van der Waals surface area contributed by atoms with Crippen molar-refractivity contribution in [1.29, 1.82) is 0 Å². The first-order valence-corrected chi connectivity index (χ1v) is 8.14. The van der Waals surface area contributed by atoms with Crippen LogP contribution in [0.5, 0.6) is 0 Å². The summed E-state index contributed by atoms with van der Waals surface area (Å²) in [7, 11) is -1.46. The Bertz CT molecular complexity index is 655. The predicted octanol–water partition coefficient (Wildman–Crippen LogP) is 3.39. The fourth-order valence-corrected chi connectivity index (χ4v) is 3.50. The highest BCUT2D eigenvalue weighted by Crippen LogP contribution is 2.24.